The highest BCUT2D eigenvalue weighted by molar-refractivity contribution is 6.29. The average Bonchev–Trinajstić information content (AvgIpc) is 2.46. The number of aromatic nitrogens is 2. The Kier molecular flexibility index (Phi) is 3.04. The van der Waals surface area contributed by atoms with E-state index in [1.54, 1.807) is 6.20 Å². The van der Waals surface area contributed by atoms with E-state index in [0.29, 0.717) is 5.69 Å². The number of nitro groups is 1. The van der Waals surface area contributed by atoms with Crippen molar-refractivity contribution >= 4 is 28.2 Å². The monoisotopic (exact) mass is 285 g/mol. The number of hydrogen-bond acceptors (Lipinski definition) is 4. The van der Waals surface area contributed by atoms with Gasteiger partial charge in [0.25, 0.3) is 5.69 Å². The molecule has 20 heavy (non-hydrogen) atoms. The quantitative estimate of drug-likeness (QED) is 0.407. The third-order valence-electron chi connectivity index (χ3n) is 2.89. The highest BCUT2D eigenvalue weighted by atomic mass is 35.5. The van der Waals surface area contributed by atoms with Gasteiger partial charge in [0.05, 0.1) is 22.2 Å². The molecule has 0 radical (unpaired) electrons. The third-order valence-corrected chi connectivity index (χ3v) is 3.08. The second kappa shape index (κ2) is 4.86. The van der Waals surface area contributed by atoms with Gasteiger partial charge >= 0.3 is 0 Å². The average molecular weight is 286 g/mol. The molecule has 0 saturated heterocycles. The topological polar surface area (TPSA) is 68.9 Å². The van der Waals surface area contributed by atoms with Gasteiger partial charge in [-0.1, -0.05) is 29.8 Å². The molecular formula is C14H8ClN3O2. The Morgan fingerprint density at radius 3 is 2.80 bits per heavy atom. The lowest BCUT2D eigenvalue weighted by atomic mass is 10.1. The Morgan fingerprint density at radius 1 is 1.15 bits per heavy atom. The second-order valence-corrected chi connectivity index (χ2v) is 4.59. The Hall–Kier alpha value is -2.53. The van der Waals surface area contributed by atoms with Crippen molar-refractivity contribution in [2.75, 3.05) is 0 Å². The number of hydrogen-bond donors (Lipinski definition) is 0. The minimum absolute atomic E-state index is 0.0823. The zero-order chi connectivity index (χ0) is 14.1. The maximum Gasteiger partial charge on any atom is 0.274 e. The zero-order valence-corrected chi connectivity index (χ0v) is 10.9. The number of benzene rings is 1. The van der Waals surface area contributed by atoms with E-state index < -0.39 is 4.92 Å². The first kappa shape index (κ1) is 12.5. The van der Waals surface area contributed by atoms with Gasteiger partial charge in [-0.2, -0.15) is 0 Å². The van der Waals surface area contributed by atoms with Crippen LogP contribution in [-0.2, 0) is 0 Å². The third kappa shape index (κ3) is 2.31. The summed E-state index contributed by atoms with van der Waals surface area (Å²) in [7, 11) is 0. The molecule has 98 valence electrons. The van der Waals surface area contributed by atoms with Gasteiger partial charge in [-0.3, -0.25) is 15.1 Å². The van der Waals surface area contributed by atoms with E-state index in [9.17, 15) is 10.1 Å². The first-order valence-electron chi connectivity index (χ1n) is 5.80. The lowest BCUT2D eigenvalue weighted by Gasteiger charge is -2.03. The molecule has 0 unspecified atom stereocenters. The van der Waals surface area contributed by atoms with Crippen molar-refractivity contribution in [3.05, 3.63) is 63.9 Å². The van der Waals surface area contributed by atoms with Crippen LogP contribution in [0.25, 0.3) is 22.2 Å². The maximum atomic E-state index is 10.9. The molecule has 3 rings (SSSR count). The summed E-state index contributed by atoms with van der Waals surface area (Å²) in [5, 5.41) is 11.9. The summed E-state index contributed by atoms with van der Waals surface area (Å²) in [6.07, 6.45) is 1.69. The molecule has 0 N–H and O–H groups in total. The molecule has 5 nitrogen and oxygen atoms in total. The summed E-state index contributed by atoms with van der Waals surface area (Å²) >= 11 is 5.83. The second-order valence-electron chi connectivity index (χ2n) is 4.20. The lowest BCUT2D eigenvalue weighted by molar-refractivity contribution is -0.384. The molecule has 6 heteroatoms. The number of fused-ring (bicyclic) bond motifs is 1. The molecule has 0 aliphatic heterocycles. The molecule has 0 spiro atoms. The van der Waals surface area contributed by atoms with Crippen LogP contribution in [0.5, 0.6) is 0 Å². The summed E-state index contributed by atoms with van der Waals surface area (Å²) in [5.41, 5.74) is 1.91. The first-order valence-corrected chi connectivity index (χ1v) is 6.18. The first-order chi connectivity index (χ1) is 9.63. The summed E-state index contributed by atoms with van der Waals surface area (Å²) in [6.45, 7) is 0. The van der Waals surface area contributed by atoms with Crippen molar-refractivity contribution in [1.82, 2.24) is 9.97 Å². The van der Waals surface area contributed by atoms with Gasteiger partial charge < -0.3 is 0 Å². The fraction of sp³-hybridized carbons (Fsp3) is 0. The van der Waals surface area contributed by atoms with E-state index in [2.05, 4.69) is 9.97 Å². The van der Waals surface area contributed by atoms with E-state index in [1.807, 2.05) is 30.3 Å². The minimum atomic E-state index is -0.490. The van der Waals surface area contributed by atoms with Gasteiger partial charge in [0.1, 0.15) is 5.15 Å². The molecule has 0 aliphatic carbocycles. The maximum absolute atomic E-state index is 10.9. The number of pyridine rings is 2. The van der Waals surface area contributed by atoms with Crippen molar-refractivity contribution in [1.29, 1.82) is 0 Å². The molecule has 0 bridgehead atoms. The van der Waals surface area contributed by atoms with E-state index in [0.717, 1.165) is 16.5 Å². The summed E-state index contributed by atoms with van der Waals surface area (Å²) in [6, 6.07) is 12.0. The summed E-state index contributed by atoms with van der Waals surface area (Å²) in [5.74, 6) is 0. The van der Waals surface area contributed by atoms with Gasteiger partial charge in [-0.25, -0.2) is 4.98 Å². The van der Waals surface area contributed by atoms with Crippen LogP contribution in [0.3, 0.4) is 0 Å². The van der Waals surface area contributed by atoms with Crippen molar-refractivity contribution in [3.8, 4) is 11.3 Å². The molecule has 2 aromatic heterocycles. The van der Waals surface area contributed by atoms with Gasteiger partial charge in [-0.15, -0.1) is 0 Å². The normalized spacial score (nSPS) is 10.7. The molecule has 0 atom stereocenters. The number of rotatable bonds is 2. The van der Waals surface area contributed by atoms with Gasteiger partial charge in [0.15, 0.2) is 0 Å². The van der Waals surface area contributed by atoms with Crippen LogP contribution in [0.15, 0.2) is 48.7 Å². The highest BCUT2D eigenvalue weighted by Gasteiger charge is 2.12. The van der Waals surface area contributed by atoms with Crippen LogP contribution in [0.4, 0.5) is 5.69 Å². The highest BCUT2D eigenvalue weighted by Crippen LogP contribution is 2.27. The van der Waals surface area contributed by atoms with Crippen LogP contribution in [0.2, 0.25) is 5.15 Å². The standard InChI is InChI=1S/C14H8ClN3O2/c15-14-8-11(18(19)20)7-13(17-14)10-4-3-9-2-1-5-16-12(9)6-10/h1-8H. The largest absolute Gasteiger partial charge is 0.274 e. The van der Waals surface area contributed by atoms with Crippen LogP contribution in [0.1, 0.15) is 0 Å². The predicted molar refractivity (Wildman–Crippen MR) is 76.6 cm³/mol. The molecule has 2 heterocycles. The number of halogens is 1. The molecular weight excluding hydrogens is 278 g/mol. The SMILES string of the molecule is O=[N+]([O-])c1cc(Cl)nc(-c2ccc3cccnc3c2)c1. The Morgan fingerprint density at radius 2 is 2.00 bits per heavy atom. The minimum Gasteiger partial charge on any atom is -0.258 e. The van der Waals surface area contributed by atoms with Crippen molar-refractivity contribution in [3.63, 3.8) is 0 Å². The summed E-state index contributed by atoms with van der Waals surface area (Å²) in [4.78, 5) is 18.7. The van der Waals surface area contributed by atoms with Gasteiger partial charge in [0.2, 0.25) is 0 Å². The molecule has 0 saturated carbocycles. The molecule has 1 aromatic carbocycles. The van der Waals surface area contributed by atoms with E-state index in [-0.39, 0.29) is 10.8 Å². The summed E-state index contributed by atoms with van der Waals surface area (Å²) < 4.78 is 0. The molecule has 0 aliphatic rings. The van der Waals surface area contributed by atoms with Gasteiger partial charge in [0, 0.05) is 23.2 Å². The van der Waals surface area contributed by atoms with Crippen LogP contribution < -0.4 is 0 Å². The number of nitrogens with zero attached hydrogens (tertiary/aromatic N) is 3. The van der Waals surface area contributed by atoms with Crippen molar-refractivity contribution in [2.45, 2.75) is 0 Å². The predicted octanol–water partition coefficient (Wildman–Crippen LogP) is 3.86. The Bertz CT molecular complexity index is 820. The van der Waals surface area contributed by atoms with Crippen molar-refractivity contribution < 1.29 is 4.92 Å². The fourth-order valence-electron chi connectivity index (χ4n) is 1.96. The Balaban J connectivity index is 2.17. The van der Waals surface area contributed by atoms with Crippen LogP contribution >= 0.6 is 11.6 Å². The Labute approximate surface area is 119 Å². The molecule has 0 amide bonds. The van der Waals surface area contributed by atoms with Crippen LogP contribution in [0, 0.1) is 10.1 Å². The molecule has 0 fully saturated rings. The van der Waals surface area contributed by atoms with Crippen molar-refractivity contribution in [2.24, 2.45) is 0 Å². The van der Waals surface area contributed by atoms with E-state index in [4.69, 9.17) is 11.6 Å². The van der Waals surface area contributed by atoms with E-state index in [1.165, 1.54) is 12.1 Å². The zero-order valence-electron chi connectivity index (χ0n) is 10.2. The van der Waals surface area contributed by atoms with Crippen LogP contribution in [-0.4, -0.2) is 14.9 Å². The smallest absolute Gasteiger partial charge is 0.258 e. The van der Waals surface area contributed by atoms with Gasteiger partial charge in [-0.05, 0) is 12.1 Å². The molecule has 3 aromatic rings. The lowest BCUT2D eigenvalue weighted by Crippen LogP contribution is -1.92. The van der Waals surface area contributed by atoms with E-state index >= 15 is 0 Å². The fourth-order valence-corrected chi connectivity index (χ4v) is 2.17.